The lowest BCUT2D eigenvalue weighted by Gasteiger charge is -2.39. The van der Waals surface area contributed by atoms with E-state index < -0.39 is 0 Å². The third kappa shape index (κ3) is 3.72. The van der Waals surface area contributed by atoms with Crippen LogP contribution in [-0.4, -0.2) is 45.8 Å². The number of aromatic nitrogens is 2. The summed E-state index contributed by atoms with van der Waals surface area (Å²) in [6.07, 6.45) is 7.31. The highest BCUT2D eigenvalue weighted by Crippen LogP contribution is 2.36. The Morgan fingerprint density at radius 2 is 2.32 bits per heavy atom. The van der Waals surface area contributed by atoms with E-state index in [4.69, 9.17) is 4.74 Å². The van der Waals surface area contributed by atoms with E-state index in [1.54, 1.807) is 0 Å². The summed E-state index contributed by atoms with van der Waals surface area (Å²) in [4.78, 5) is 6.76. The van der Waals surface area contributed by atoms with E-state index in [1.807, 2.05) is 12.5 Å². The summed E-state index contributed by atoms with van der Waals surface area (Å²) in [6, 6.07) is 9.00. The number of anilines is 1. The van der Waals surface area contributed by atoms with Gasteiger partial charge in [0, 0.05) is 32.0 Å². The van der Waals surface area contributed by atoms with E-state index in [1.165, 1.54) is 29.8 Å². The minimum atomic E-state index is 0.0122. The normalized spacial score (nSPS) is 27.0. The second-order valence-corrected chi connectivity index (χ2v) is 7.72. The van der Waals surface area contributed by atoms with Crippen LogP contribution in [0.5, 0.6) is 0 Å². The van der Waals surface area contributed by atoms with Gasteiger partial charge in [-0.3, -0.25) is 4.90 Å². The first-order valence-electron chi connectivity index (χ1n) is 9.27. The molecule has 2 saturated heterocycles. The third-order valence-electron chi connectivity index (χ3n) is 5.52. The molecule has 25 heavy (non-hydrogen) atoms. The summed E-state index contributed by atoms with van der Waals surface area (Å²) in [5.41, 5.74) is 3.77. The van der Waals surface area contributed by atoms with E-state index >= 15 is 0 Å². The molecular weight excluding hydrogens is 312 g/mol. The fraction of sp³-hybridized carbons (Fsp3) is 0.550. The highest BCUT2D eigenvalue weighted by atomic mass is 16.5. The number of imidazole rings is 1. The number of ether oxygens (including phenoxy) is 1. The molecule has 2 aliphatic rings. The number of nitrogens with one attached hydrogen (secondary N) is 1. The summed E-state index contributed by atoms with van der Waals surface area (Å²) in [5.74, 6) is 0. The van der Waals surface area contributed by atoms with Crippen molar-refractivity contribution in [2.24, 2.45) is 7.05 Å². The Hall–Kier alpha value is -1.85. The number of benzene rings is 1. The van der Waals surface area contributed by atoms with Gasteiger partial charge in [0.05, 0.1) is 30.3 Å². The molecule has 1 spiro atoms. The summed E-state index contributed by atoms with van der Waals surface area (Å²) in [5, 5.41) is 3.67. The van der Waals surface area contributed by atoms with Crippen molar-refractivity contribution in [3.05, 3.63) is 48.0 Å². The van der Waals surface area contributed by atoms with Gasteiger partial charge in [0.1, 0.15) is 0 Å². The van der Waals surface area contributed by atoms with Crippen molar-refractivity contribution in [1.82, 2.24) is 14.5 Å². The molecule has 0 amide bonds. The van der Waals surface area contributed by atoms with Crippen LogP contribution in [0.15, 0.2) is 36.8 Å². The molecule has 1 aromatic carbocycles. The van der Waals surface area contributed by atoms with Gasteiger partial charge in [0.25, 0.3) is 0 Å². The zero-order valence-corrected chi connectivity index (χ0v) is 15.2. The second-order valence-electron chi connectivity index (χ2n) is 7.72. The monoisotopic (exact) mass is 340 g/mol. The van der Waals surface area contributed by atoms with Crippen LogP contribution in [0.3, 0.4) is 0 Å². The fourth-order valence-electron chi connectivity index (χ4n) is 4.28. The zero-order chi connectivity index (χ0) is 17.3. The van der Waals surface area contributed by atoms with Crippen molar-refractivity contribution >= 4 is 5.69 Å². The van der Waals surface area contributed by atoms with Crippen molar-refractivity contribution < 1.29 is 4.74 Å². The lowest BCUT2D eigenvalue weighted by atomic mass is 9.88. The number of nitrogens with zero attached hydrogens (tertiary/aromatic N) is 3. The molecular formula is C20H28N4O. The lowest BCUT2D eigenvalue weighted by Crippen LogP contribution is -2.47. The smallest absolute Gasteiger partial charge is 0.0945 e. The predicted octanol–water partition coefficient (Wildman–Crippen LogP) is 2.96. The second kappa shape index (κ2) is 6.81. The van der Waals surface area contributed by atoms with Crippen LogP contribution >= 0.6 is 0 Å². The maximum Gasteiger partial charge on any atom is 0.0945 e. The molecule has 5 nitrogen and oxygen atoms in total. The maximum atomic E-state index is 6.35. The molecule has 134 valence electrons. The minimum absolute atomic E-state index is 0.0122. The van der Waals surface area contributed by atoms with Crippen LogP contribution in [-0.2, 0) is 18.3 Å². The molecule has 2 fully saturated rings. The summed E-state index contributed by atoms with van der Waals surface area (Å²) in [6.45, 7) is 6.05. The highest BCUT2D eigenvalue weighted by molar-refractivity contribution is 5.46. The Balaban J connectivity index is 1.38. The average molecular weight is 340 g/mol. The van der Waals surface area contributed by atoms with Crippen molar-refractivity contribution in [1.29, 1.82) is 0 Å². The van der Waals surface area contributed by atoms with Crippen molar-refractivity contribution in [3.8, 4) is 0 Å². The van der Waals surface area contributed by atoms with Crippen LogP contribution in [0.1, 0.15) is 30.5 Å². The Morgan fingerprint density at radius 1 is 1.40 bits per heavy atom. The van der Waals surface area contributed by atoms with Crippen molar-refractivity contribution in [2.45, 2.75) is 44.4 Å². The van der Waals surface area contributed by atoms with E-state index in [-0.39, 0.29) is 5.60 Å². The van der Waals surface area contributed by atoms with Crippen molar-refractivity contribution in [2.75, 3.05) is 25.0 Å². The van der Waals surface area contributed by atoms with Gasteiger partial charge in [-0.15, -0.1) is 0 Å². The molecule has 1 aromatic heterocycles. The standard InChI is InChI=1S/C20H28N4O/c1-16-5-3-6-17(9-16)22-18-10-20(25-13-18)7-4-8-24(14-20)12-19-11-21-15-23(19)2/h3,5-6,9,11,15,18,22H,4,7-8,10,12-14H2,1-2H3/t18-,20-/m0/s1. The lowest BCUT2D eigenvalue weighted by molar-refractivity contribution is -0.0537. The molecule has 5 heteroatoms. The first-order chi connectivity index (χ1) is 12.1. The SMILES string of the molecule is Cc1cccc(N[C@@H]2CO[C@@]3(CCCN(Cc4cncn4C)C3)C2)c1. The van der Waals surface area contributed by atoms with Crippen molar-refractivity contribution in [3.63, 3.8) is 0 Å². The Bertz CT molecular complexity index is 728. The van der Waals surface area contributed by atoms with E-state index in [9.17, 15) is 0 Å². The first kappa shape index (κ1) is 16.6. The number of piperidine rings is 1. The van der Waals surface area contributed by atoms with E-state index in [0.29, 0.717) is 6.04 Å². The third-order valence-corrected chi connectivity index (χ3v) is 5.52. The van der Waals surface area contributed by atoms with Crippen LogP contribution in [0.2, 0.25) is 0 Å². The van der Waals surface area contributed by atoms with Gasteiger partial charge in [-0.05, 0) is 50.4 Å². The highest BCUT2D eigenvalue weighted by Gasteiger charge is 2.43. The van der Waals surface area contributed by atoms with Gasteiger partial charge in [0.2, 0.25) is 0 Å². The first-order valence-corrected chi connectivity index (χ1v) is 9.27. The summed E-state index contributed by atoms with van der Waals surface area (Å²) >= 11 is 0. The zero-order valence-electron chi connectivity index (χ0n) is 15.2. The average Bonchev–Trinajstić information content (AvgIpc) is 3.15. The summed E-state index contributed by atoms with van der Waals surface area (Å²) < 4.78 is 8.46. The van der Waals surface area contributed by atoms with Crippen LogP contribution in [0.25, 0.3) is 0 Å². The quantitative estimate of drug-likeness (QED) is 0.929. The predicted molar refractivity (Wildman–Crippen MR) is 99.6 cm³/mol. The van der Waals surface area contributed by atoms with E-state index in [2.05, 4.69) is 58.0 Å². The number of rotatable bonds is 4. The number of aryl methyl sites for hydroxylation is 2. The molecule has 0 aliphatic carbocycles. The molecule has 2 aliphatic heterocycles. The van der Waals surface area contributed by atoms with Crippen LogP contribution in [0.4, 0.5) is 5.69 Å². The Kier molecular flexibility index (Phi) is 4.52. The topological polar surface area (TPSA) is 42.3 Å². The molecule has 0 radical (unpaired) electrons. The molecule has 0 bridgehead atoms. The Labute approximate surface area is 150 Å². The summed E-state index contributed by atoms with van der Waals surface area (Å²) in [7, 11) is 2.07. The number of likely N-dealkylation sites (tertiary alicyclic amines) is 1. The van der Waals surface area contributed by atoms with Gasteiger partial charge < -0.3 is 14.6 Å². The molecule has 2 aromatic rings. The molecule has 3 heterocycles. The minimum Gasteiger partial charge on any atom is -0.380 e. The Morgan fingerprint density at radius 3 is 3.12 bits per heavy atom. The van der Waals surface area contributed by atoms with Crippen LogP contribution < -0.4 is 5.32 Å². The molecule has 0 unspecified atom stereocenters. The fourth-order valence-corrected chi connectivity index (χ4v) is 4.28. The molecule has 0 saturated carbocycles. The van der Waals surface area contributed by atoms with Gasteiger partial charge in [-0.2, -0.15) is 0 Å². The van der Waals surface area contributed by atoms with Gasteiger partial charge in [-0.25, -0.2) is 4.98 Å². The van der Waals surface area contributed by atoms with Crippen LogP contribution in [0, 0.1) is 6.92 Å². The largest absolute Gasteiger partial charge is 0.380 e. The van der Waals surface area contributed by atoms with Gasteiger partial charge >= 0.3 is 0 Å². The number of hydrogen-bond acceptors (Lipinski definition) is 4. The van der Waals surface area contributed by atoms with E-state index in [0.717, 1.165) is 32.7 Å². The molecule has 4 rings (SSSR count). The van der Waals surface area contributed by atoms with Gasteiger partial charge in [0.15, 0.2) is 0 Å². The molecule has 1 N–H and O–H groups in total. The molecule has 2 atom stereocenters. The number of hydrogen-bond donors (Lipinski definition) is 1. The maximum absolute atomic E-state index is 6.35. The van der Waals surface area contributed by atoms with Gasteiger partial charge in [-0.1, -0.05) is 12.1 Å².